The number of rotatable bonds is 1. The maximum atomic E-state index is 2.33. The lowest BCUT2D eigenvalue weighted by Gasteiger charge is -2.06. The third-order valence-electron chi connectivity index (χ3n) is 3.34. The molecular formula is C17H11IS. The smallest absolute Gasteiger partial charge is 0.0361 e. The molecule has 3 aromatic rings. The maximum Gasteiger partial charge on any atom is 0.0361 e. The average Bonchev–Trinajstić information content (AvgIpc) is 2.86. The van der Waals surface area contributed by atoms with Crippen LogP contribution in [0, 0.1) is 0 Å². The van der Waals surface area contributed by atoms with E-state index in [9.17, 15) is 0 Å². The van der Waals surface area contributed by atoms with E-state index in [0.29, 0.717) is 0 Å². The van der Waals surface area contributed by atoms with Crippen molar-refractivity contribution in [2.24, 2.45) is 0 Å². The van der Waals surface area contributed by atoms with Crippen molar-refractivity contribution >= 4 is 61.8 Å². The van der Waals surface area contributed by atoms with E-state index in [1.807, 2.05) is 11.3 Å². The molecular weight excluding hydrogens is 363 g/mol. The van der Waals surface area contributed by atoms with Crippen LogP contribution in [-0.2, 0) is 0 Å². The molecule has 0 atom stereocenters. The molecule has 4 rings (SSSR count). The van der Waals surface area contributed by atoms with Crippen LogP contribution in [0.3, 0.4) is 0 Å². The highest BCUT2D eigenvalue weighted by Gasteiger charge is 2.10. The number of allylic oxidation sites excluding steroid dienone is 3. The molecule has 19 heavy (non-hydrogen) atoms. The zero-order valence-corrected chi connectivity index (χ0v) is 13.1. The Labute approximate surface area is 125 Å². The fourth-order valence-corrected chi connectivity index (χ4v) is 5.06. The SMILES string of the molecule is C1=CC(c2cccc3sc4ccccc4c23)=CC=I1. The highest BCUT2D eigenvalue weighted by atomic mass is 127. The van der Waals surface area contributed by atoms with Crippen LogP contribution in [0.1, 0.15) is 5.56 Å². The summed E-state index contributed by atoms with van der Waals surface area (Å²) in [6.07, 6.45) is 4.57. The summed E-state index contributed by atoms with van der Waals surface area (Å²) < 4.78 is 7.43. The van der Waals surface area contributed by atoms with Crippen LogP contribution in [-0.4, -0.2) is 4.01 Å². The van der Waals surface area contributed by atoms with Crippen molar-refractivity contribution in [1.29, 1.82) is 0 Å². The van der Waals surface area contributed by atoms with Gasteiger partial charge in [-0.1, -0.05) is 51.1 Å². The number of thiophene rings is 1. The lowest BCUT2D eigenvalue weighted by atomic mass is 9.99. The van der Waals surface area contributed by atoms with Gasteiger partial charge in [-0.3, -0.25) is 0 Å². The second kappa shape index (κ2) is 4.69. The van der Waals surface area contributed by atoms with E-state index < -0.39 is 0 Å². The summed E-state index contributed by atoms with van der Waals surface area (Å²) in [6, 6.07) is 15.4. The maximum absolute atomic E-state index is 2.33. The molecule has 0 spiro atoms. The van der Waals surface area contributed by atoms with Gasteiger partial charge in [0.15, 0.2) is 0 Å². The van der Waals surface area contributed by atoms with Gasteiger partial charge >= 0.3 is 0 Å². The topological polar surface area (TPSA) is 0 Å². The van der Waals surface area contributed by atoms with Crippen molar-refractivity contribution in [2.75, 3.05) is 0 Å². The minimum atomic E-state index is 0.148. The highest BCUT2D eigenvalue weighted by molar-refractivity contribution is 14.2. The third-order valence-corrected chi connectivity index (χ3v) is 6.03. The third kappa shape index (κ3) is 1.90. The summed E-state index contributed by atoms with van der Waals surface area (Å²) in [5.74, 6) is 0. The van der Waals surface area contributed by atoms with Crippen molar-refractivity contribution < 1.29 is 0 Å². The summed E-state index contributed by atoms with van der Waals surface area (Å²) in [7, 11) is 0. The Morgan fingerprint density at radius 3 is 2.68 bits per heavy atom. The van der Waals surface area contributed by atoms with Gasteiger partial charge in [-0.15, -0.1) is 11.3 Å². The second-order valence-electron chi connectivity index (χ2n) is 4.44. The van der Waals surface area contributed by atoms with Gasteiger partial charge in [-0.25, -0.2) is 0 Å². The van der Waals surface area contributed by atoms with Crippen LogP contribution in [0.4, 0.5) is 0 Å². The van der Waals surface area contributed by atoms with E-state index in [1.54, 1.807) is 0 Å². The molecule has 0 unspecified atom stereocenters. The van der Waals surface area contributed by atoms with E-state index in [1.165, 1.54) is 31.3 Å². The summed E-state index contributed by atoms with van der Waals surface area (Å²) in [6.45, 7) is 0. The van der Waals surface area contributed by atoms with Gasteiger partial charge in [0, 0.05) is 20.2 Å². The van der Waals surface area contributed by atoms with Crippen LogP contribution < -0.4 is 0 Å². The molecule has 0 saturated carbocycles. The minimum absolute atomic E-state index is 0.148. The van der Waals surface area contributed by atoms with Crippen molar-refractivity contribution in [2.45, 2.75) is 0 Å². The van der Waals surface area contributed by atoms with Gasteiger partial charge < -0.3 is 0 Å². The molecule has 2 heterocycles. The Kier molecular flexibility index (Phi) is 2.85. The van der Waals surface area contributed by atoms with Crippen LogP contribution >= 0.6 is 32.1 Å². The molecule has 1 aromatic heterocycles. The first-order chi connectivity index (χ1) is 9.43. The quantitative estimate of drug-likeness (QED) is 0.477. The van der Waals surface area contributed by atoms with Crippen LogP contribution in [0.25, 0.3) is 25.7 Å². The second-order valence-corrected chi connectivity index (χ2v) is 7.68. The first-order valence-electron chi connectivity index (χ1n) is 6.16. The number of halogens is 1. The molecule has 2 heteroatoms. The van der Waals surface area contributed by atoms with Gasteiger partial charge in [0.2, 0.25) is 0 Å². The Balaban J connectivity index is 2.13. The van der Waals surface area contributed by atoms with Gasteiger partial charge in [-0.05, 0) is 43.5 Å². The Morgan fingerprint density at radius 1 is 0.895 bits per heavy atom. The van der Waals surface area contributed by atoms with Crippen molar-refractivity contribution in [1.82, 2.24) is 0 Å². The Morgan fingerprint density at radius 2 is 1.79 bits per heavy atom. The van der Waals surface area contributed by atoms with E-state index >= 15 is 0 Å². The molecule has 0 N–H and O–H groups in total. The summed E-state index contributed by atoms with van der Waals surface area (Å²) in [5.41, 5.74) is 2.71. The van der Waals surface area contributed by atoms with Gasteiger partial charge in [0.25, 0.3) is 0 Å². The zero-order valence-electron chi connectivity index (χ0n) is 10.1. The molecule has 1 aliphatic heterocycles. The standard InChI is InChI=1S/C17H11IS/c1-2-6-15-14(4-1)17-13(5-3-7-16(17)19-15)12-8-10-18-11-9-12/h1-11H. The number of hydrogen-bond acceptors (Lipinski definition) is 1. The van der Waals surface area contributed by atoms with Crippen LogP contribution in [0.2, 0.25) is 0 Å². The van der Waals surface area contributed by atoms with E-state index in [0.717, 1.165) is 0 Å². The van der Waals surface area contributed by atoms with Crippen molar-refractivity contribution in [3.05, 3.63) is 64.3 Å². The monoisotopic (exact) mass is 374 g/mol. The molecule has 0 saturated heterocycles. The molecule has 0 nitrogen and oxygen atoms in total. The highest BCUT2D eigenvalue weighted by Crippen LogP contribution is 2.38. The van der Waals surface area contributed by atoms with E-state index in [2.05, 4.69) is 62.7 Å². The summed E-state index contributed by atoms with van der Waals surface area (Å²) in [5, 5.41) is 2.79. The lowest BCUT2D eigenvalue weighted by Crippen LogP contribution is -1.84. The molecule has 0 fully saturated rings. The minimum Gasteiger partial charge on any atom is -0.135 e. The molecule has 0 aliphatic carbocycles. The lowest BCUT2D eigenvalue weighted by molar-refractivity contribution is 1.74. The predicted molar refractivity (Wildman–Crippen MR) is 96.5 cm³/mol. The predicted octanol–water partition coefficient (Wildman–Crippen LogP) is 5.74. The first-order valence-corrected chi connectivity index (χ1v) is 9.47. The number of benzene rings is 2. The summed E-state index contributed by atoms with van der Waals surface area (Å²) >= 11 is 2.03. The van der Waals surface area contributed by atoms with Crippen LogP contribution in [0.15, 0.2) is 58.7 Å². The average molecular weight is 374 g/mol. The van der Waals surface area contributed by atoms with Gasteiger partial charge in [0.1, 0.15) is 0 Å². The molecule has 1 aliphatic rings. The summed E-state index contributed by atoms with van der Waals surface area (Å²) in [4.78, 5) is 0. The number of hydrogen-bond donors (Lipinski definition) is 0. The largest absolute Gasteiger partial charge is 0.135 e. The zero-order chi connectivity index (χ0) is 12.7. The Hall–Kier alpha value is -1.26. The normalized spacial score (nSPS) is 14.6. The van der Waals surface area contributed by atoms with E-state index in [-0.39, 0.29) is 20.7 Å². The van der Waals surface area contributed by atoms with Gasteiger partial charge in [0.05, 0.1) is 0 Å². The van der Waals surface area contributed by atoms with Crippen molar-refractivity contribution in [3.63, 3.8) is 0 Å². The molecule has 0 radical (unpaired) electrons. The fraction of sp³-hybridized carbons (Fsp3) is 0. The van der Waals surface area contributed by atoms with E-state index in [4.69, 9.17) is 0 Å². The fourth-order valence-electron chi connectivity index (χ4n) is 2.50. The Bertz CT molecular complexity index is 865. The van der Waals surface area contributed by atoms with Crippen molar-refractivity contribution in [3.8, 4) is 0 Å². The van der Waals surface area contributed by atoms with Crippen LogP contribution in [0.5, 0.6) is 0 Å². The first kappa shape index (κ1) is 11.6. The molecule has 0 amide bonds. The van der Waals surface area contributed by atoms with Gasteiger partial charge in [-0.2, -0.15) is 0 Å². The molecule has 2 aromatic carbocycles. The number of fused-ring (bicyclic) bond motifs is 3. The molecule has 0 bridgehead atoms. The molecule has 92 valence electrons.